The number of allylic oxidation sites excluding steroid dienone is 1. The van der Waals surface area contributed by atoms with Gasteiger partial charge >= 0.3 is 0 Å². The Morgan fingerprint density at radius 1 is 1.16 bits per heavy atom. The predicted octanol–water partition coefficient (Wildman–Crippen LogP) is 3.52. The van der Waals surface area contributed by atoms with Gasteiger partial charge in [0.1, 0.15) is 12.4 Å². The first kappa shape index (κ1) is 18.5. The van der Waals surface area contributed by atoms with Gasteiger partial charge in [-0.1, -0.05) is 30.9 Å². The van der Waals surface area contributed by atoms with E-state index in [0.717, 1.165) is 11.8 Å². The third-order valence-electron chi connectivity index (χ3n) is 3.16. The Morgan fingerprint density at radius 3 is 2.48 bits per heavy atom. The molecule has 0 aliphatic heterocycles. The zero-order chi connectivity index (χ0) is 18.3. The van der Waals surface area contributed by atoms with Crippen LogP contribution in [-0.4, -0.2) is 27.1 Å². The second kappa shape index (κ2) is 8.30. The molecule has 0 saturated carbocycles. The van der Waals surface area contributed by atoms with E-state index in [1.165, 1.54) is 6.08 Å². The number of hydrogen-bond acceptors (Lipinski definition) is 4. The van der Waals surface area contributed by atoms with Gasteiger partial charge in [0.15, 0.2) is 5.78 Å². The molecule has 0 bridgehead atoms. The molecule has 0 spiro atoms. The number of carbonyl (C=O) groups excluding carboxylic acids is 1. The van der Waals surface area contributed by atoms with Gasteiger partial charge in [0, 0.05) is 16.8 Å². The minimum Gasteiger partial charge on any atom is -0.489 e. The maximum atomic E-state index is 12.3. The number of ether oxygens (including phenoxy) is 1. The Labute approximate surface area is 147 Å². The second-order valence-corrected chi connectivity index (χ2v) is 7.04. The molecule has 2 aromatic rings. The first-order valence-corrected chi connectivity index (χ1v) is 9.41. The van der Waals surface area contributed by atoms with E-state index in [0.29, 0.717) is 23.6 Å². The first-order chi connectivity index (χ1) is 11.9. The van der Waals surface area contributed by atoms with Crippen molar-refractivity contribution in [3.8, 4) is 5.75 Å². The lowest BCUT2D eigenvalue weighted by Gasteiger charge is -2.06. The van der Waals surface area contributed by atoms with E-state index in [9.17, 15) is 13.2 Å². The van der Waals surface area contributed by atoms with Crippen molar-refractivity contribution >= 4 is 27.6 Å². The van der Waals surface area contributed by atoms with Crippen LogP contribution in [0.3, 0.4) is 0 Å². The van der Waals surface area contributed by atoms with Gasteiger partial charge in [-0.05, 0) is 42.5 Å². The number of rotatable bonds is 8. The van der Waals surface area contributed by atoms with Crippen LogP contribution >= 0.6 is 0 Å². The lowest BCUT2D eigenvalue weighted by molar-refractivity contribution is 0.104. The van der Waals surface area contributed by atoms with E-state index in [1.54, 1.807) is 36.4 Å². The van der Waals surface area contributed by atoms with E-state index < -0.39 is 10.0 Å². The van der Waals surface area contributed by atoms with Crippen LogP contribution in [0, 0.1) is 0 Å². The summed E-state index contributed by atoms with van der Waals surface area (Å²) in [4.78, 5) is 12.3. The van der Waals surface area contributed by atoms with Crippen molar-refractivity contribution in [3.63, 3.8) is 0 Å². The maximum absolute atomic E-state index is 12.3. The van der Waals surface area contributed by atoms with Crippen molar-refractivity contribution in [2.75, 3.05) is 17.6 Å². The summed E-state index contributed by atoms with van der Waals surface area (Å²) in [5.41, 5.74) is 1.65. The molecule has 2 rings (SSSR count). The average Bonchev–Trinajstić information content (AvgIpc) is 2.57. The maximum Gasteiger partial charge on any atom is 0.229 e. The summed E-state index contributed by atoms with van der Waals surface area (Å²) in [7, 11) is -3.34. The molecule has 0 fully saturated rings. The Balaban J connectivity index is 2.11. The van der Waals surface area contributed by atoms with Crippen LogP contribution in [-0.2, 0) is 10.0 Å². The standard InChI is InChI=1S/C19H19NO4S/c1-3-14-24-19-7-5-4-6-16(19)10-13-18(21)15-8-11-17(12-9-15)20-25(2,22)23/h3-13,20H,1,14H2,2H3/b13-10+. The summed E-state index contributed by atoms with van der Waals surface area (Å²) < 4.78 is 30.2. The summed E-state index contributed by atoms with van der Waals surface area (Å²) in [5, 5.41) is 0. The molecule has 5 nitrogen and oxygen atoms in total. The number of anilines is 1. The fourth-order valence-electron chi connectivity index (χ4n) is 2.08. The van der Waals surface area contributed by atoms with Crippen LogP contribution in [0.2, 0.25) is 0 Å². The molecule has 0 saturated heterocycles. The Morgan fingerprint density at radius 2 is 1.84 bits per heavy atom. The summed E-state index contributed by atoms with van der Waals surface area (Å²) in [6, 6.07) is 13.6. The highest BCUT2D eigenvalue weighted by atomic mass is 32.2. The van der Waals surface area contributed by atoms with Crippen LogP contribution in [0.1, 0.15) is 15.9 Å². The molecule has 2 aromatic carbocycles. The zero-order valence-corrected chi connectivity index (χ0v) is 14.6. The highest BCUT2D eigenvalue weighted by molar-refractivity contribution is 7.92. The van der Waals surface area contributed by atoms with E-state index in [1.807, 2.05) is 24.3 Å². The summed E-state index contributed by atoms with van der Waals surface area (Å²) in [5.74, 6) is 0.476. The lowest BCUT2D eigenvalue weighted by atomic mass is 10.1. The Hall–Kier alpha value is -2.86. The van der Waals surface area contributed by atoms with Crippen LogP contribution in [0.4, 0.5) is 5.69 Å². The minimum atomic E-state index is -3.34. The number of para-hydroxylation sites is 1. The van der Waals surface area contributed by atoms with Crippen molar-refractivity contribution < 1.29 is 17.9 Å². The van der Waals surface area contributed by atoms with Crippen LogP contribution in [0.25, 0.3) is 6.08 Å². The molecule has 0 unspecified atom stereocenters. The van der Waals surface area contributed by atoms with Gasteiger partial charge in [0.05, 0.1) is 6.26 Å². The highest BCUT2D eigenvalue weighted by Gasteiger charge is 2.05. The second-order valence-electron chi connectivity index (χ2n) is 5.29. The van der Waals surface area contributed by atoms with Gasteiger partial charge in [0.2, 0.25) is 10.0 Å². The van der Waals surface area contributed by atoms with Crippen molar-refractivity contribution in [1.29, 1.82) is 0 Å². The van der Waals surface area contributed by atoms with Gasteiger partial charge in [-0.25, -0.2) is 8.42 Å². The molecular formula is C19H19NO4S. The van der Waals surface area contributed by atoms with E-state index >= 15 is 0 Å². The summed E-state index contributed by atoms with van der Waals surface area (Å²) in [6.45, 7) is 3.99. The number of benzene rings is 2. The number of nitrogens with one attached hydrogen (secondary N) is 1. The molecule has 0 aromatic heterocycles. The molecule has 0 aliphatic rings. The van der Waals surface area contributed by atoms with Crippen molar-refractivity contribution in [2.24, 2.45) is 0 Å². The smallest absolute Gasteiger partial charge is 0.229 e. The number of hydrogen-bond donors (Lipinski definition) is 1. The number of carbonyl (C=O) groups is 1. The van der Waals surface area contributed by atoms with E-state index in [4.69, 9.17) is 4.74 Å². The Bertz CT molecular complexity index is 884. The van der Waals surface area contributed by atoms with E-state index in [-0.39, 0.29) is 5.78 Å². The van der Waals surface area contributed by atoms with Crippen molar-refractivity contribution in [2.45, 2.75) is 0 Å². The zero-order valence-electron chi connectivity index (χ0n) is 13.8. The lowest BCUT2D eigenvalue weighted by Crippen LogP contribution is -2.09. The predicted molar refractivity (Wildman–Crippen MR) is 100 cm³/mol. The topological polar surface area (TPSA) is 72.5 Å². The minimum absolute atomic E-state index is 0.190. The fourth-order valence-corrected chi connectivity index (χ4v) is 2.64. The molecule has 130 valence electrons. The highest BCUT2D eigenvalue weighted by Crippen LogP contribution is 2.20. The molecule has 0 radical (unpaired) electrons. The fraction of sp³-hybridized carbons (Fsp3) is 0.105. The average molecular weight is 357 g/mol. The number of sulfonamides is 1. The van der Waals surface area contributed by atoms with Crippen LogP contribution < -0.4 is 9.46 Å². The third kappa shape index (κ3) is 5.93. The monoisotopic (exact) mass is 357 g/mol. The van der Waals surface area contributed by atoms with Crippen LogP contribution in [0.5, 0.6) is 5.75 Å². The molecule has 0 amide bonds. The molecule has 25 heavy (non-hydrogen) atoms. The van der Waals surface area contributed by atoms with Gasteiger partial charge in [-0.3, -0.25) is 9.52 Å². The number of ketones is 1. The quantitative estimate of drug-likeness (QED) is 0.446. The van der Waals surface area contributed by atoms with Crippen molar-refractivity contribution in [1.82, 2.24) is 0 Å². The molecule has 0 heterocycles. The Kier molecular flexibility index (Phi) is 6.14. The normalized spacial score (nSPS) is 11.2. The van der Waals surface area contributed by atoms with Crippen molar-refractivity contribution in [3.05, 3.63) is 78.4 Å². The van der Waals surface area contributed by atoms with Gasteiger partial charge in [0.25, 0.3) is 0 Å². The summed E-state index contributed by atoms with van der Waals surface area (Å²) >= 11 is 0. The van der Waals surface area contributed by atoms with Gasteiger partial charge in [-0.2, -0.15) is 0 Å². The molecule has 6 heteroatoms. The SMILES string of the molecule is C=CCOc1ccccc1/C=C/C(=O)c1ccc(NS(C)(=O)=O)cc1. The van der Waals surface area contributed by atoms with Gasteiger partial charge in [-0.15, -0.1) is 0 Å². The molecule has 0 aliphatic carbocycles. The third-order valence-corrected chi connectivity index (χ3v) is 3.77. The molecular weight excluding hydrogens is 338 g/mol. The van der Waals surface area contributed by atoms with Crippen LogP contribution in [0.15, 0.2) is 67.3 Å². The molecule has 1 N–H and O–H groups in total. The van der Waals surface area contributed by atoms with E-state index in [2.05, 4.69) is 11.3 Å². The molecule has 0 atom stereocenters. The first-order valence-electron chi connectivity index (χ1n) is 7.52. The summed E-state index contributed by atoms with van der Waals surface area (Å²) in [6.07, 6.45) is 5.86. The largest absolute Gasteiger partial charge is 0.489 e. The van der Waals surface area contributed by atoms with Gasteiger partial charge < -0.3 is 4.74 Å².